The van der Waals surface area contributed by atoms with Crippen LogP contribution in [0.15, 0.2) is 48.7 Å². The molecule has 1 fully saturated rings. The van der Waals surface area contributed by atoms with Crippen LogP contribution in [0.4, 0.5) is 0 Å². The van der Waals surface area contributed by atoms with Crippen LogP contribution in [0.25, 0.3) is 11.3 Å². The number of halogens is 1. The van der Waals surface area contributed by atoms with Gasteiger partial charge in [0.15, 0.2) is 0 Å². The topological polar surface area (TPSA) is 118 Å². The number of amides is 2. The van der Waals surface area contributed by atoms with Crippen LogP contribution >= 0.6 is 11.6 Å². The minimum Gasteiger partial charge on any atom is -0.492 e. The van der Waals surface area contributed by atoms with E-state index in [2.05, 4.69) is 20.5 Å². The third-order valence-corrected chi connectivity index (χ3v) is 7.70. The van der Waals surface area contributed by atoms with Crippen molar-refractivity contribution in [2.24, 2.45) is 0 Å². The Kier molecular flexibility index (Phi) is 11.8. The van der Waals surface area contributed by atoms with Crippen molar-refractivity contribution in [1.29, 1.82) is 0 Å². The molecule has 4 rings (SSSR count). The predicted molar refractivity (Wildman–Crippen MR) is 171 cm³/mol. The van der Waals surface area contributed by atoms with Gasteiger partial charge in [-0.2, -0.15) is 0 Å². The summed E-state index contributed by atoms with van der Waals surface area (Å²) in [5.41, 5.74) is 2.04. The van der Waals surface area contributed by atoms with Gasteiger partial charge in [-0.15, -0.1) is 0 Å². The van der Waals surface area contributed by atoms with E-state index in [0.29, 0.717) is 68.0 Å². The fourth-order valence-corrected chi connectivity index (χ4v) is 5.28. The van der Waals surface area contributed by atoms with Gasteiger partial charge in [0.1, 0.15) is 17.2 Å². The van der Waals surface area contributed by atoms with Gasteiger partial charge in [-0.1, -0.05) is 42.8 Å². The summed E-state index contributed by atoms with van der Waals surface area (Å²) in [6.07, 6.45) is 3.29. The third-order valence-electron chi connectivity index (χ3n) is 7.40. The van der Waals surface area contributed by atoms with Crippen LogP contribution in [0.5, 0.6) is 5.75 Å². The number of aryl methyl sites for hydroxylation is 1. The summed E-state index contributed by atoms with van der Waals surface area (Å²) in [6.45, 7) is 11.9. The Bertz CT molecular complexity index is 1400. The van der Waals surface area contributed by atoms with E-state index in [0.717, 1.165) is 23.2 Å². The van der Waals surface area contributed by atoms with Gasteiger partial charge in [-0.05, 0) is 57.4 Å². The van der Waals surface area contributed by atoms with E-state index >= 15 is 0 Å². The molecule has 238 valence electrons. The number of nitrogens with one attached hydrogen (secondary N) is 2. The number of imidazole rings is 1. The van der Waals surface area contributed by atoms with Crippen LogP contribution in [0.1, 0.15) is 55.9 Å². The number of benzene rings is 2. The Morgan fingerprint density at radius 1 is 1.14 bits per heavy atom. The number of aliphatic hydroxyl groups is 1. The average molecular weight is 626 g/mol. The maximum absolute atomic E-state index is 13.3. The number of rotatable bonds is 14. The predicted octanol–water partition coefficient (Wildman–Crippen LogP) is 4.03. The van der Waals surface area contributed by atoms with Crippen molar-refractivity contribution in [1.82, 2.24) is 25.1 Å². The quantitative estimate of drug-likeness (QED) is 0.248. The molecule has 0 radical (unpaired) electrons. The van der Waals surface area contributed by atoms with Gasteiger partial charge in [0.05, 0.1) is 43.1 Å². The molecule has 0 saturated carbocycles. The molecule has 3 aromatic rings. The molecule has 1 aromatic heterocycles. The maximum Gasteiger partial charge on any atom is 0.251 e. The van der Waals surface area contributed by atoms with Crippen molar-refractivity contribution in [3.05, 3.63) is 70.6 Å². The lowest BCUT2D eigenvalue weighted by molar-refractivity contribution is -0.123. The number of nitrogens with zero attached hydrogens (tertiary/aromatic N) is 3. The van der Waals surface area contributed by atoms with Gasteiger partial charge in [0.25, 0.3) is 5.91 Å². The van der Waals surface area contributed by atoms with Crippen LogP contribution in [0.2, 0.25) is 5.02 Å². The molecule has 0 unspecified atom stereocenters. The second-order valence-corrected chi connectivity index (χ2v) is 12.0. The molecule has 2 amide bonds. The van der Waals surface area contributed by atoms with E-state index in [1.807, 2.05) is 48.9 Å². The molecular formula is C33H44ClN5O5. The Balaban J connectivity index is 1.47. The molecule has 1 aliphatic rings. The van der Waals surface area contributed by atoms with Crippen molar-refractivity contribution in [3.63, 3.8) is 0 Å². The normalized spacial score (nSPS) is 14.7. The highest BCUT2D eigenvalue weighted by Gasteiger charge is 2.24. The van der Waals surface area contributed by atoms with E-state index in [1.54, 1.807) is 32.0 Å². The fourth-order valence-electron chi connectivity index (χ4n) is 5.05. The van der Waals surface area contributed by atoms with Crippen molar-refractivity contribution >= 4 is 23.4 Å². The molecule has 2 heterocycles. The first-order valence-corrected chi connectivity index (χ1v) is 15.6. The average Bonchev–Trinajstić information content (AvgIpc) is 3.46. The molecule has 0 aliphatic carbocycles. The van der Waals surface area contributed by atoms with Gasteiger partial charge in [0.2, 0.25) is 5.91 Å². The first kappa shape index (κ1) is 33.5. The van der Waals surface area contributed by atoms with E-state index in [1.165, 1.54) is 0 Å². The number of carbonyl (C=O) groups excluding carboxylic acids is 2. The summed E-state index contributed by atoms with van der Waals surface area (Å²) < 4.78 is 13.0. The molecule has 1 atom stereocenters. The SMILES string of the molecule is CCCOc1ccc(C(=O)N[C@@H](CNC(=O)CN2CCOCC2)Cc2ccc(-c3cn(CC)c(C(C)(C)O)n3)cc2)cc1Cl. The Hall–Kier alpha value is -3.44. The molecular weight excluding hydrogens is 582 g/mol. The Morgan fingerprint density at radius 2 is 1.86 bits per heavy atom. The molecule has 3 N–H and O–H groups in total. The number of morpholine rings is 1. The standard InChI is InChI=1S/C33H44ClN5O5/c1-5-15-44-29-12-11-25(19-27(29)34)31(41)36-26(20-35-30(40)22-38-13-16-43-17-14-38)18-23-7-9-24(10-8-23)28-21-39(6-2)32(37-28)33(3,4)42/h7-12,19,21,26,42H,5-6,13-18,20,22H2,1-4H3,(H,35,40)(H,36,41)/t26-/m1/s1. The zero-order valence-corrected chi connectivity index (χ0v) is 26.8. The van der Waals surface area contributed by atoms with Crippen LogP contribution in [0.3, 0.4) is 0 Å². The van der Waals surface area contributed by atoms with Gasteiger partial charge < -0.3 is 29.8 Å². The molecule has 1 aliphatic heterocycles. The van der Waals surface area contributed by atoms with Crippen LogP contribution < -0.4 is 15.4 Å². The number of aromatic nitrogens is 2. The molecule has 0 bridgehead atoms. The molecule has 11 heteroatoms. The van der Waals surface area contributed by atoms with E-state index in [9.17, 15) is 14.7 Å². The number of ether oxygens (including phenoxy) is 2. The van der Waals surface area contributed by atoms with Gasteiger partial charge in [-0.3, -0.25) is 14.5 Å². The van der Waals surface area contributed by atoms with Crippen LogP contribution in [0, 0.1) is 0 Å². The maximum atomic E-state index is 13.3. The van der Waals surface area contributed by atoms with Crippen molar-refractivity contribution in [3.8, 4) is 17.0 Å². The van der Waals surface area contributed by atoms with Crippen molar-refractivity contribution in [2.75, 3.05) is 46.0 Å². The van der Waals surface area contributed by atoms with Crippen LogP contribution in [-0.2, 0) is 28.1 Å². The van der Waals surface area contributed by atoms with Crippen molar-refractivity contribution in [2.45, 2.75) is 58.7 Å². The van der Waals surface area contributed by atoms with Gasteiger partial charge in [0, 0.05) is 43.5 Å². The number of hydrogen-bond donors (Lipinski definition) is 3. The monoisotopic (exact) mass is 625 g/mol. The summed E-state index contributed by atoms with van der Waals surface area (Å²) in [5, 5.41) is 17.0. The molecule has 1 saturated heterocycles. The second-order valence-electron chi connectivity index (χ2n) is 11.6. The summed E-state index contributed by atoms with van der Waals surface area (Å²) in [6, 6.07) is 12.6. The highest BCUT2D eigenvalue weighted by Crippen LogP contribution is 2.27. The second kappa shape index (κ2) is 15.5. The first-order valence-electron chi connectivity index (χ1n) is 15.3. The zero-order valence-electron chi connectivity index (χ0n) is 26.1. The summed E-state index contributed by atoms with van der Waals surface area (Å²) in [4.78, 5) is 32.8. The highest BCUT2D eigenvalue weighted by atomic mass is 35.5. The lowest BCUT2D eigenvalue weighted by Gasteiger charge is -2.26. The van der Waals surface area contributed by atoms with E-state index in [4.69, 9.17) is 21.1 Å². The smallest absolute Gasteiger partial charge is 0.251 e. The summed E-state index contributed by atoms with van der Waals surface area (Å²) in [7, 11) is 0. The minimum atomic E-state index is -1.06. The van der Waals surface area contributed by atoms with Gasteiger partial charge in [-0.25, -0.2) is 4.98 Å². The van der Waals surface area contributed by atoms with Crippen LogP contribution in [-0.4, -0.2) is 83.4 Å². The Labute approximate surface area is 264 Å². The lowest BCUT2D eigenvalue weighted by atomic mass is 10.0. The summed E-state index contributed by atoms with van der Waals surface area (Å²) in [5.74, 6) is 0.758. The zero-order chi connectivity index (χ0) is 31.7. The minimum absolute atomic E-state index is 0.101. The number of hydrogen-bond acceptors (Lipinski definition) is 7. The van der Waals surface area contributed by atoms with Gasteiger partial charge >= 0.3 is 0 Å². The first-order chi connectivity index (χ1) is 21.1. The molecule has 2 aromatic carbocycles. The van der Waals surface area contributed by atoms with E-state index < -0.39 is 5.60 Å². The Morgan fingerprint density at radius 3 is 2.48 bits per heavy atom. The third kappa shape index (κ3) is 9.28. The summed E-state index contributed by atoms with van der Waals surface area (Å²) >= 11 is 6.39. The lowest BCUT2D eigenvalue weighted by Crippen LogP contribution is -2.48. The van der Waals surface area contributed by atoms with E-state index in [-0.39, 0.29) is 30.9 Å². The largest absolute Gasteiger partial charge is 0.492 e. The fraction of sp³-hybridized carbons (Fsp3) is 0.485. The molecule has 0 spiro atoms. The highest BCUT2D eigenvalue weighted by molar-refractivity contribution is 6.32. The van der Waals surface area contributed by atoms with Crippen molar-refractivity contribution < 1.29 is 24.2 Å². The number of carbonyl (C=O) groups is 2. The molecule has 10 nitrogen and oxygen atoms in total. The molecule has 44 heavy (non-hydrogen) atoms.